The summed E-state index contributed by atoms with van der Waals surface area (Å²) in [6.07, 6.45) is 0. The topological polar surface area (TPSA) is 55.4 Å². The van der Waals surface area contributed by atoms with Gasteiger partial charge in [0.25, 0.3) is 5.91 Å². The van der Waals surface area contributed by atoms with Crippen LogP contribution >= 0.6 is 23.2 Å². The molecule has 0 aromatic heterocycles. The fraction of sp³-hybridized carbons (Fsp3) is 0.125. The Balaban J connectivity index is 1.97. The minimum absolute atomic E-state index is 0.104. The van der Waals surface area contributed by atoms with Crippen LogP contribution in [0, 0.1) is 18.6 Å². The monoisotopic (exact) mass is 373 g/mol. The lowest BCUT2D eigenvalue weighted by atomic mass is 10.2. The summed E-state index contributed by atoms with van der Waals surface area (Å²) >= 11 is 11.3. The van der Waals surface area contributed by atoms with Gasteiger partial charge in [-0.1, -0.05) is 29.3 Å². The molecule has 0 saturated heterocycles. The standard InChI is InChI=1S/C16H11Cl2F2NO3/c1-8-2-3-9(4-13(8)19)21-15(22)7-24-16(23)10-5-14(20)12(18)6-11(10)17/h2-6H,7H2,1H3,(H,21,22). The summed E-state index contributed by atoms with van der Waals surface area (Å²) in [5.74, 6) is -2.99. The number of hydrogen-bond acceptors (Lipinski definition) is 3. The Kier molecular flexibility index (Phi) is 5.75. The number of esters is 1. The van der Waals surface area contributed by atoms with Gasteiger partial charge < -0.3 is 10.1 Å². The van der Waals surface area contributed by atoms with Gasteiger partial charge in [-0.15, -0.1) is 0 Å². The average molecular weight is 374 g/mol. The van der Waals surface area contributed by atoms with Gasteiger partial charge in [-0.2, -0.15) is 0 Å². The molecule has 4 nitrogen and oxygen atoms in total. The van der Waals surface area contributed by atoms with E-state index in [0.717, 1.165) is 18.2 Å². The maximum absolute atomic E-state index is 13.4. The molecule has 0 atom stereocenters. The minimum Gasteiger partial charge on any atom is -0.452 e. The van der Waals surface area contributed by atoms with Crippen molar-refractivity contribution in [3.8, 4) is 0 Å². The van der Waals surface area contributed by atoms with Crippen molar-refractivity contribution in [3.05, 3.63) is 63.1 Å². The third-order valence-corrected chi connectivity index (χ3v) is 3.62. The van der Waals surface area contributed by atoms with Gasteiger partial charge in [-0.25, -0.2) is 13.6 Å². The highest BCUT2D eigenvalue weighted by Crippen LogP contribution is 2.24. The normalized spacial score (nSPS) is 10.4. The molecule has 8 heteroatoms. The highest BCUT2D eigenvalue weighted by molar-refractivity contribution is 6.36. The van der Waals surface area contributed by atoms with E-state index in [9.17, 15) is 18.4 Å². The van der Waals surface area contributed by atoms with Crippen molar-refractivity contribution < 1.29 is 23.1 Å². The van der Waals surface area contributed by atoms with E-state index in [-0.39, 0.29) is 21.3 Å². The first-order valence-electron chi connectivity index (χ1n) is 6.65. The van der Waals surface area contributed by atoms with Crippen molar-refractivity contribution in [1.29, 1.82) is 0 Å². The number of carbonyl (C=O) groups is 2. The number of rotatable bonds is 4. The van der Waals surface area contributed by atoms with Gasteiger partial charge in [0.1, 0.15) is 11.6 Å². The number of hydrogen-bond donors (Lipinski definition) is 1. The van der Waals surface area contributed by atoms with Crippen molar-refractivity contribution in [2.75, 3.05) is 11.9 Å². The zero-order valence-corrected chi connectivity index (χ0v) is 13.8. The number of halogens is 4. The fourth-order valence-corrected chi connectivity index (χ4v) is 2.22. The summed E-state index contributed by atoms with van der Waals surface area (Å²) in [7, 11) is 0. The lowest BCUT2D eigenvalue weighted by molar-refractivity contribution is -0.119. The van der Waals surface area contributed by atoms with E-state index in [1.807, 2.05) is 0 Å². The zero-order chi connectivity index (χ0) is 17.9. The second-order valence-electron chi connectivity index (χ2n) is 4.83. The van der Waals surface area contributed by atoms with Crippen LogP contribution in [0.2, 0.25) is 10.0 Å². The number of benzene rings is 2. The SMILES string of the molecule is Cc1ccc(NC(=O)COC(=O)c2cc(F)c(Cl)cc2Cl)cc1F. The summed E-state index contributed by atoms with van der Waals surface area (Å²) in [6.45, 7) is 0.937. The Morgan fingerprint density at radius 1 is 1.08 bits per heavy atom. The number of aryl methyl sites for hydroxylation is 1. The molecule has 0 fully saturated rings. The Bertz CT molecular complexity index is 812. The first-order valence-corrected chi connectivity index (χ1v) is 7.41. The van der Waals surface area contributed by atoms with E-state index in [0.29, 0.717) is 5.56 Å². The molecule has 0 saturated carbocycles. The molecular weight excluding hydrogens is 363 g/mol. The van der Waals surface area contributed by atoms with Crippen LogP contribution in [-0.2, 0) is 9.53 Å². The van der Waals surface area contributed by atoms with Crippen LogP contribution < -0.4 is 5.32 Å². The molecule has 126 valence electrons. The number of ether oxygens (including phenoxy) is 1. The molecule has 1 amide bonds. The van der Waals surface area contributed by atoms with Crippen molar-refractivity contribution in [2.45, 2.75) is 6.92 Å². The van der Waals surface area contributed by atoms with E-state index < -0.39 is 30.1 Å². The molecule has 1 N–H and O–H groups in total. The molecule has 0 aliphatic carbocycles. The molecule has 2 aromatic carbocycles. The fourth-order valence-electron chi connectivity index (χ4n) is 1.76. The maximum atomic E-state index is 13.4. The lowest BCUT2D eigenvalue weighted by Crippen LogP contribution is -2.21. The van der Waals surface area contributed by atoms with Gasteiger partial charge in [-0.05, 0) is 36.8 Å². The van der Waals surface area contributed by atoms with Gasteiger partial charge in [0.2, 0.25) is 0 Å². The minimum atomic E-state index is -0.985. The number of nitrogens with one attached hydrogen (secondary N) is 1. The molecule has 0 aliphatic heterocycles. The van der Waals surface area contributed by atoms with Gasteiger partial charge in [0.05, 0.1) is 15.6 Å². The van der Waals surface area contributed by atoms with E-state index in [4.69, 9.17) is 27.9 Å². The summed E-state index contributed by atoms with van der Waals surface area (Å²) in [5, 5.41) is 2.02. The molecule has 0 heterocycles. The quantitative estimate of drug-likeness (QED) is 0.639. The average Bonchev–Trinajstić information content (AvgIpc) is 2.52. The Hall–Kier alpha value is -2.18. The molecule has 0 unspecified atom stereocenters. The van der Waals surface area contributed by atoms with E-state index in [1.54, 1.807) is 6.92 Å². The van der Waals surface area contributed by atoms with E-state index in [1.165, 1.54) is 12.1 Å². The van der Waals surface area contributed by atoms with Crippen LogP contribution in [0.4, 0.5) is 14.5 Å². The van der Waals surface area contributed by atoms with Crippen LogP contribution in [0.15, 0.2) is 30.3 Å². The van der Waals surface area contributed by atoms with Crippen molar-refractivity contribution in [1.82, 2.24) is 0 Å². The van der Waals surface area contributed by atoms with Crippen LogP contribution in [0.3, 0.4) is 0 Å². The lowest BCUT2D eigenvalue weighted by Gasteiger charge is -2.08. The second-order valence-corrected chi connectivity index (χ2v) is 5.65. The first kappa shape index (κ1) is 18.2. The smallest absolute Gasteiger partial charge is 0.340 e. The summed E-state index contributed by atoms with van der Waals surface area (Å²) in [5.41, 5.74) is 0.390. The molecule has 2 rings (SSSR count). The molecule has 0 aliphatic rings. The highest BCUT2D eigenvalue weighted by Gasteiger charge is 2.17. The van der Waals surface area contributed by atoms with Crippen LogP contribution in [0.5, 0.6) is 0 Å². The largest absolute Gasteiger partial charge is 0.452 e. The van der Waals surface area contributed by atoms with Crippen molar-refractivity contribution in [3.63, 3.8) is 0 Å². The van der Waals surface area contributed by atoms with Crippen LogP contribution in [0.25, 0.3) is 0 Å². The van der Waals surface area contributed by atoms with Gasteiger partial charge in [-0.3, -0.25) is 4.79 Å². The van der Waals surface area contributed by atoms with Gasteiger partial charge >= 0.3 is 5.97 Å². The molecular formula is C16H11Cl2F2NO3. The predicted molar refractivity (Wildman–Crippen MR) is 86.5 cm³/mol. The van der Waals surface area contributed by atoms with Crippen molar-refractivity contribution >= 4 is 40.8 Å². The summed E-state index contributed by atoms with van der Waals surface area (Å²) in [6, 6.07) is 6.02. The number of anilines is 1. The van der Waals surface area contributed by atoms with Gasteiger partial charge in [0.15, 0.2) is 6.61 Å². The maximum Gasteiger partial charge on any atom is 0.340 e. The zero-order valence-electron chi connectivity index (χ0n) is 12.3. The first-order chi connectivity index (χ1) is 11.3. The third-order valence-electron chi connectivity index (χ3n) is 3.02. The van der Waals surface area contributed by atoms with Crippen LogP contribution in [-0.4, -0.2) is 18.5 Å². The Labute approximate surface area is 146 Å². The second kappa shape index (κ2) is 7.59. The third kappa shape index (κ3) is 4.43. The van der Waals surface area contributed by atoms with Crippen molar-refractivity contribution in [2.24, 2.45) is 0 Å². The number of amides is 1. The summed E-state index contributed by atoms with van der Waals surface area (Å²) in [4.78, 5) is 23.5. The molecule has 0 bridgehead atoms. The van der Waals surface area contributed by atoms with Gasteiger partial charge in [0, 0.05) is 5.69 Å². The predicted octanol–water partition coefficient (Wildman–Crippen LogP) is 4.38. The van der Waals surface area contributed by atoms with Crippen LogP contribution in [0.1, 0.15) is 15.9 Å². The molecule has 2 aromatic rings. The molecule has 24 heavy (non-hydrogen) atoms. The van der Waals surface area contributed by atoms with E-state index >= 15 is 0 Å². The van der Waals surface area contributed by atoms with E-state index in [2.05, 4.69) is 5.32 Å². The Morgan fingerprint density at radius 2 is 1.79 bits per heavy atom. The number of carbonyl (C=O) groups excluding carboxylic acids is 2. The Morgan fingerprint density at radius 3 is 2.46 bits per heavy atom. The summed E-state index contributed by atoms with van der Waals surface area (Å²) < 4.78 is 31.5. The molecule has 0 radical (unpaired) electrons. The molecule has 0 spiro atoms. The highest BCUT2D eigenvalue weighted by atomic mass is 35.5.